The summed E-state index contributed by atoms with van der Waals surface area (Å²) in [6, 6.07) is 2.81. The van der Waals surface area contributed by atoms with E-state index in [9.17, 15) is 4.39 Å². The van der Waals surface area contributed by atoms with Crippen molar-refractivity contribution < 1.29 is 13.5 Å². The van der Waals surface area contributed by atoms with Gasteiger partial charge in [0.05, 0.1) is 18.3 Å². The van der Waals surface area contributed by atoms with Crippen molar-refractivity contribution in [3.05, 3.63) is 34.7 Å². The van der Waals surface area contributed by atoms with Gasteiger partial charge in [0.2, 0.25) is 0 Å². The third-order valence-corrected chi connectivity index (χ3v) is 2.38. The second-order valence-corrected chi connectivity index (χ2v) is 3.55. The van der Waals surface area contributed by atoms with Crippen molar-refractivity contribution in [1.29, 1.82) is 0 Å². The van der Waals surface area contributed by atoms with Crippen molar-refractivity contribution in [2.24, 2.45) is 10.8 Å². The molecule has 0 bridgehead atoms. The third-order valence-electron chi connectivity index (χ3n) is 2.38. The van der Waals surface area contributed by atoms with Crippen LogP contribution in [0.1, 0.15) is 6.42 Å². The molecule has 0 unspecified atom stereocenters. The van der Waals surface area contributed by atoms with E-state index < -0.39 is 5.82 Å². The summed E-state index contributed by atoms with van der Waals surface area (Å²) in [5.74, 6) is -0.334. The van der Waals surface area contributed by atoms with Crippen LogP contribution in [0, 0.1) is 5.82 Å². The first-order valence-corrected chi connectivity index (χ1v) is 5.35. The Bertz CT molecular complexity index is 604. The molecule has 1 heterocycles. The van der Waals surface area contributed by atoms with E-state index in [1.165, 1.54) is 12.3 Å². The number of azide groups is 1. The highest BCUT2D eigenvalue weighted by Crippen LogP contribution is 2.36. The lowest BCUT2D eigenvalue weighted by Gasteiger charge is -2.07. The molecule has 0 saturated heterocycles. The number of furan rings is 1. The number of benzene rings is 1. The average Bonchev–Trinajstić information content (AvgIpc) is 2.83. The van der Waals surface area contributed by atoms with Crippen LogP contribution in [-0.2, 0) is 0 Å². The molecule has 0 aliphatic rings. The van der Waals surface area contributed by atoms with Gasteiger partial charge in [-0.25, -0.2) is 4.39 Å². The first kappa shape index (κ1) is 12.2. The molecule has 0 atom stereocenters. The van der Waals surface area contributed by atoms with Crippen LogP contribution in [0.4, 0.5) is 10.1 Å². The number of nitrogens with two attached hydrogens (primary N) is 1. The summed E-state index contributed by atoms with van der Waals surface area (Å²) < 4.78 is 24.3. The molecule has 18 heavy (non-hydrogen) atoms. The molecule has 0 spiro atoms. The van der Waals surface area contributed by atoms with Crippen LogP contribution in [0.5, 0.6) is 5.75 Å². The summed E-state index contributed by atoms with van der Waals surface area (Å²) in [6.45, 7) is 0.880. The van der Waals surface area contributed by atoms with E-state index >= 15 is 0 Å². The predicted octanol–water partition coefficient (Wildman–Crippen LogP) is 3.24. The maximum Gasteiger partial charge on any atom is 0.150 e. The quantitative estimate of drug-likeness (QED) is 0.381. The summed E-state index contributed by atoms with van der Waals surface area (Å²) in [6.07, 6.45) is 2.05. The standard InChI is InChI=1S/C11H11FN4O2/c12-8-6-9(17-4-1-3-13)7-2-5-18-11(7)10(8)15-16-14/h2,5-6H,1,3-4,13H2. The Labute approximate surface area is 102 Å². The zero-order chi connectivity index (χ0) is 13.0. The molecule has 6 nitrogen and oxygen atoms in total. The van der Waals surface area contributed by atoms with Crippen LogP contribution in [-0.4, -0.2) is 13.2 Å². The topological polar surface area (TPSA) is 97.2 Å². The summed E-state index contributed by atoms with van der Waals surface area (Å²) in [5, 5.41) is 3.85. The lowest BCUT2D eigenvalue weighted by Crippen LogP contribution is -2.06. The van der Waals surface area contributed by atoms with Crippen molar-refractivity contribution >= 4 is 16.7 Å². The van der Waals surface area contributed by atoms with Gasteiger partial charge in [-0.2, -0.15) is 0 Å². The molecule has 0 aliphatic heterocycles. The van der Waals surface area contributed by atoms with E-state index in [2.05, 4.69) is 10.0 Å². The number of nitrogens with zero attached hydrogens (tertiary/aromatic N) is 3. The van der Waals surface area contributed by atoms with Crippen LogP contribution in [0.15, 0.2) is 27.9 Å². The van der Waals surface area contributed by atoms with Gasteiger partial charge in [-0.1, -0.05) is 5.11 Å². The third kappa shape index (κ3) is 2.22. The monoisotopic (exact) mass is 250 g/mol. The molecule has 0 amide bonds. The van der Waals surface area contributed by atoms with Crippen molar-refractivity contribution in [3.8, 4) is 5.75 Å². The molecule has 0 saturated carbocycles. The number of hydrogen-bond donors (Lipinski definition) is 1. The largest absolute Gasteiger partial charge is 0.493 e. The molecule has 7 heteroatoms. The van der Waals surface area contributed by atoms with Crippen molar-refractivity contribution in [3.63, 3.8) is 0 Å². The highest BCUT2D eigenvalue weighted by atomic mass is 19.1. The van der Waals surface area contributed by atoms with Crippen LogP contribution < -0.4 is 10.5 Å². The summed E-state index contributed by atoms with van der Waals surface area (Å²) in [7, 11) is 0. The zero-order valence-corrected chi connectivity index (χ0v) is 9.47. The average molecular weight is 250 g/mol. The van der Waals surface area contributed by atoms with Crippen molar-refractivity contribution in [1.82, 2.24) is 0 Å². The molecule has 1 aromatic heterocycles. The Morgan fingerprint density at radius 1 is 1.56 bits per heavy atom. The van der Waals surface area contributed by atoms with Crippen LogP contribution in [0.3, 0.4) is 0 Å². The fourth-order valence-corrected chi connectivity index (χ4v) is 1.58. The maximum atomic E-state index is 13.7. The Hall–Kier alpha value is -2.24. The smallest absolute Gasteiger partial charge is 0.150 e. The van der Waals surface area contributed by atoms with Gasteiger partial charge in [0.15, 0.2) is 0 Å². The minimum Gasteiger partial charge on any atom is -0.493 e. The van der Waals surface area contributed by atoms with E-state index in [1.54, 1.807) is 6.07 Å². The Morgan fingerprint density at radius 3 is 3.11 bits per heavy atom. The Kier molecular flexibility index (Phi) is 3.66. The van der Waals surface area contributed by atoms with E-state index in [0.717, 1.165) is 0 Å². The molecule has 2 aromatic rings. The summed E-state index contributed by atoms with van der Waals surface area (Å²) in [5.41, 5.74) is 13.8. The van der Waals surface area contributed by atoms with Gasteiger partial charge in [-0.15, -0.1) is 0 Å². The fraction of sp³-hybridized carbons (Fsp3) is 0.273. The number of rotatable bonds is 5. The number of fused-ring (bicyclic) bond motifs is 1. The molecular weight excluding hydrogens is 239 g/mol. The molecule has 2 N–H and O–H groups in total. The van der Waals surface area contributed by atoms with Gasteiger partial charge in [-0.05, 0) is 24.6 Å². The fourth-order valence-electron chi connectivity index (χ4n) is 1.58. The highest BCUT2D eigenvalue weighted by Gasteiger charge is 2.14. The van der Waals surface area contributed by atoms with E-state index in [4.69, 9.17) is 20.4 Å². The van der Waals surface area contributed by atoms with Gasteiger partial charge < -0.3 is 14.9 Å². The van der Waals surface area contributed by atoms with E-state index in [-0.39, 0.29) is 11.3 Å². The maximum absolute atomic E-state index is 13.7. The van der Waals surface area contributed by atoms with Gasteiger partial charge in [0, 0.05) is 11.0 Å². The van der Waals surface area contributed by atoms with Gasteiger partial charge in [-0.3, -0.25) is 0 Å². The number of halogens is 1. The molecular formula is C11H11FN4O2. The van der Waals surface area contributed by atoms with Gasteiger partial charge >= 0.3 is 0 Å². The highest BCUT2D eigenvalue weighted by molar-refractivity contribution is 5.92. The lowest BCUT2D eigenvalue weighted by atomic mass is 10.2. The normalized spacial score (nSPS) is 10.3. The zero-order valence-electron chi connectivity index (χ0n) is 9.47. The number of ether oxygens (including phenoxy) is 1. The summed E-state index contributed by atoms with van der Waals surface area (Å²) >= 11 is 0. The minimum absolute atomic E-state index is 0.163. The van der Waals surface area contributed by atoms with Crippen molar-refractivity contribution in [2.45, 2.75) is 6.42 Å². The molecule has 0 aliphatic carbocycles. The van der Waals surface area contributed by atoms with Crippen LogP contribution >= 0.6 is 0 Å². The first-order valence-electron chi connectivity index (χ1n) is 5.35. The van der Waals surface area contributed by atoms with E-state index in [0.29, 0.717) is 30.7 Å². The van der Waals surface area contributed by atoms with Crippen LogP contribution in [0.25, 0.3) is 21.4 Å². The van der Waals surface area contributed by atoms with E-state index in [1.807, 2.05) is 0 Å². The second-order valence-electron chi connectivity index (χ2n) is 3.55. The van der Waals surface area contributed by atoms with Crippen LogP contribution in [0.2, 0.25) is 0 Å². The molecule has 1 aromatic carbocycles. The molecule has 2 rings (SSSR count). The second kappa shape index (κ2) is 5.39. The Balaban J connectivity index is 2.46. The molecule has 0 fully saturated rings. The molecule has 0 radical (unpaired) electrons. The lowest BCUT2D eigenvalue weighted by molar-refractivity contribution is 0.315. The summed E-state index contributed by atoms with van der Waals surface area (Å²) in [4.78, 5) is 2.57. The number of hydrogen-bond acceptors (Lipinski definition) is 4. The minimum atomic E-state index is -0.682. The van der Waals surface area contributed by atoms with Gasteiger partial charge in [0.25, 0.3) is 0 Å². The van der Waals surface area contributed by atoms with Crippen molar-refractivity contribution in [2.75, 3.05) is 13.2 Å². The SMILES string of the molecule is [N-]=[N+]=Nc1c(F)cc(OCCCN)c2ccoc12. The first-order chi connectivity index (χ1) is 8.77. The predicted molar refractivity (Wildman–Crippen MR) is 64.1 cm³/mol. The molecule has 94 valence electrons. The van der Waals surface area contributed by atoms with Gasteiger partial charge in [0.1, 0.15) is 22.8 Å². The Morgan fingerprint density at radius 2 is 2.39 bits per heavy atom.